The van der Waals surface area contributed by atoms with Gasteiger partial charge in [-0.1, -0.05) is 18.2 Å². The number of sulfonamides is 1. The van der Waals surface area contributed by atoms with Gasteiger partial charge in [0.15, 0.2) is 0 Å². The summed E-state index contributed by atoms with van der Waals surface area (Å²) in [5.41, 5.74) is 2.59. The molecular formula is C26H37N3O5S. The smallest absolute Gasteiger partial charge is 0.244 e. The molecule has 2 aromatic rings. The second-order valence-corrected chi connectivity index (χ2v) is 11.7. The van der Waals surface area contributed by atoms with Crippen molar-refractivity contribution in [3.63, 3.8) is 0 Å². The Kier molecular flexibility index (Phi) is 8.94. The van der Waals surface area contributed by atoms with Crippen LogP contribution in [0.1, 0.15) is 44.4 Å². The number of rotatable bonds is 9. The van der Waals surface area contributed by atoms with Crippen molar-refractivity contribution >= 4 is 27.5 Å². The predicted octanol–water partition coefficient (Wildman–Crippen LogP) is 3.41. The third kappa shape index (κ3) is 7.99. The SMILES string of the molecule is COc1cccc(CN(C(=O)CN(c2ccc(C)c(C)c2)S(C)(=O)=O)[C@@H](C)C(=O)NC(C)(C)C)c1. The van der Waals surface area contributed by atoms with Gasteiger partial charge in [-0.2, -0.15) is 0 Å². The minimum absolute atomic E-state index is 0.110. The molecule has 0 unspecified atom stereocenters. The van der Waals surface area contributed by atoms with Crippen LogP contribution in [0.5, 0.6) is 5.75 Å². The van der Waals surface area contributed by atoms with Crippen molar-refractivity contribution in [2.45, 2.75) is 59.7 Å². The van der Waals surface area contributed by atoms with Crippen molar-refractivity contribution < 1.29 is 22.7 Å². The van der Waals surface area contributed by atoms with E-state index in [1.165, 1.54) is 4.90 Å². The molecule has 35 heavy (non-hydrogen) atoms. The van der Waals surface area contributed by atoms with E-state index in [2.05, 4.69) is 5.32 Å². The maximum Gasteiger partial charge on any atom is 0.244 e. The fourth-order valence-corrected chi connectivity index (χ4v) is 4.36. The first kappa shape index (κ1) is 28.2. The Bertz CT molecular complexity index is 1170. The summed E-state index contributed by atoms with van der Waals surface area (Å²) in [4.78, 5) is 28.0. The van der Waals surface area contributed by atoms with Crippen LogP contribution < -0.4 is 14.4 Å². The van der Waals surface area contributed by atoms with E-state index < -0.39 is 34.1 Å². The molecule has 1 atom stereocenters. The van der Waals surface area contributed by atoms with Crippen molar-refractivity contribution in [3.8, 4) is 5.75 Å². The molecule has 0 aromatic heterocycles. The summed E-state index contributed by atoms with van der Waals surface area (Å²) in [5, 5.41) is 2.90. The van der Waals surface area contributed by atoms with Gasteiger partial charge >= 0.3 is 0 Å². The van der Waals surface area contributed by atoms with Crippen LogP contribution in [0.3, 0.4) is 0 Å². The second-order valence-electron chi connectivity index (χ2n) is 9.83. The average Bonchev–Trinajstić information content (AvgIpc) is 2.75. The van der Waals surface area contributed by atoms with E-state index in [-0.39, 0.29) is 12.5 Å². The van der Waals surface area contributed by atoms with Gasteiger partial charge in [0.25, 0.3) is 0 Å². The maximum absolute atomic E-state index is 13.6. The van der Waals surface area contributed by atoms with Gasteiger partial charge in [-0.05, 0) is 82.5 Å². The molecule has 0 radical (unpaired) electrons. The minimum atomic E-state index is -3.77. The first-order valence-corrected chi connectivity index (χ1v) is 13.3. The topological polar surface area (TPSA) is 96.0 Å². The molecule has 0 fully saturated rings. The number of anilines is 1. The molecule has 0 saturated carbocycles. The van der Waals surface area contributed by atoms with Crippen LogP contribution in [-0.2, 0) is 26.2 Å². The summed E-state index contributed by atoms with van der Waals surface area (Å²) in [5.74, 6) is -0.201. The molecule has 0 heterocycles. The van der Waals surface area contributed by atoms with E-state index in [0.717, 1.165) is 27.3 Å². The molecule has 9 heteroatoms. The Morgan fingerprint density at radius 3 is 2.26 bits per heavy atom. The highest BCUT2D eigenvalue weighted by Crippen LogP contribution is 2.23. The third-order valence-electron chi connectivity index (χ3n) is 5.61. The number of nitrogens with one attached hydrogen (secondary N) is 1. The van der Waals surface area contributed by atoms with Gasteiger partial charge in [0, 0.05) is 12.1 Å². The quantitative estimate of drug-likeness (QED) is 0.566. The van der Waals surface area contributed by atoms with Crippen LogP contribution in [0, 0.1) is 13.8 Å². The average molecular weight is 504 g/mol. The van der Waals surface area contributed by atoms with Gasteiger partial charge in [-0.25, -0.2) is 8.42 Å². The molecule has 0 spiro atoms. The monoisotopic (exact) mass is 503 g/mol. The summed E-state index contributed by atoms with van der Waals surface area (Å²) in [6.07, 6.45) is 1.07. The molecule has 2 aromatic carbocycles. The van der Waals surface area contributed by atoms with Crippen molar-refractivity contribution in [3.05, 3.63) is 59.2 Å². The van der Waals surface area contributed by atoms with Gasteiger partial charge in [-0.3, -0.25) is 13.9 Å². The van der Waals surface area contributed by atoms with Crippen molar-refractivity contribution in [2.75, 3.05) is 24.2 Å². The van der Waals surface area contributed by atoms with Crippen LogP contribution >= 0.6 is 0 Å². The van der Waals surface area contributed by atoms with Crippen LogP contribution in [0.4, 0.5) is 5.69 Å². The van der Waals surface area contributed by atoms with Crippen LogP contribution in [0.25, 0.3) is 0 Å². The number of aryl methyl sites for hydroxylation is 2. The van der Waals surface area contributed by atoms with Crippen molar-refractivity contribution in [2.24, 2.45) is 0 Å². The standard InChI is InChI=1S/C26H37N3O5S/c1-18-12-13-22(14-19(18)2)29(35(8,32)33)17-24(30)28(20(3)25(31)27-26(4,5)6)16-21-10-9-11-23(15-21)34-7/h9-15,20H,16-17H2,1-8H3,(H,27,31)/t20-/m0/s1. The maximum atomic E-state index is 13.6. The number of nitrogens with zero attached hydrogens (tertiary/aromatic N) is 2. The summed E-state index contributed by atoms with van der Waals surface area (Å²) in [6.45, 7) is 10.7. The lowest BCUT2D eigenvalue weighted by molar-refractivity contribution is -0.140. The molecular weight excluding hydrogens is 466 g/mol. The summed E-state index contributed by atoms with van der Waals surface area (Å²) in [6, 6.07) is 11.6. The number of methoxy groups -OCH3 is 1. The lowest BCUT2D eigenvalue weighted by Crippen LogP contribution is -2.54. The highest BCUT2D eigenvalue weighted by molar-refractivity contribution is 7.92. The minimum Gasteiger partial charge on any atom is -0.497 e. The van der Waals surface area contributed by atoms with E-state index in [1.54, 1.807) is 44.4 Å². The van der Waals surface area contributed by atoms with Crippen molar-refractivity contribution in [1.29, 1.82) is 0 Å². The number of carbonyl (C=O) groups is 2. The fraction of sp³-hybridized carbons (Fsp3) is 0.462. The predicted molar refractivity (Wildman–Crippen MR) is 139 cm³/mol. The molecule has 0 aliphatic heterocycles. The molecule has 2 rings (SSSR count). The Morgan fingerprint density at radius 1 is 1.06 bits per heavy atom. The Balaban J connectivity index is 2.44. The Morgan fingerprint density at radius 2 is 1.71 bits per heavy atom. The summed E-state index contributed by atoms with van der Waals surface area (Å²) < 4.78 is 31.7. The van der Waals surface area contributed by atoms with Gasteiger partial charge < -0.3 is 15.0 Å². The summed E-state index contributed by atoms with van der Waals surface area (Å²) >= 11 is 0. The number of hydrogen-bond acceptors (Lipinski definition) is 5. The third-order valence-corrected chi connectivity index (χ3v) is 6.75. The van der Waals surface area contributed by atoms with E-state index in [4.69, 9.17) is 4.74 Å². The van der Waals surface area contributed by atoms with E-state index in [9.17, 15) is 18.0 Å². The highest BCUT2D eigenvalue weighted by atomic mass is 32.2. The van der Waals surface area contributed by atoms with Crippen LogP contribution in [0.2, 0.25) is 0 Å². The number of hydrogen-bond donors (Lipinski definition) is 1. The molecule has 2 amide bonds. The largest absolute Gasteiger partial charge is 0.497 e. The molecule has 192 valence electrons. The molecule has 0 aliphatic rings. The second kappa shape index (κ2) is 11.1. The zero-order valence-electron chi connectivity index (χ0n) is 21.9. The van der Waals surface area contributed by atoms with E-state index in [0.29, 0.717) is 11.4 Å². The number of benzene rings is 2. The van der Waals surface area contributed by atoms with Gasteiger partial charge in [0.2, 0.25) is 21.8 Å². The molecule has 8 nitrogen and oxygen atoms in total. The molecule has 0 bridgehead atoms. The van der Waals surface area contributed by atoms with Crippen molar-refractivity contribution in [1.82, 2.24) is 10.2 Å². The number of amides is 2. The zero-order chi connectivity index (χ0) is 26.6. The first-order chi connectivity index (χ1) is 16.1. The number of ether oxygens (including phenoxy) is 1. The molecule has 0 aliphatic carbocycles. The first-order valence-electron chi connectivity index (χ1n) is 11.4. The normalized spacial score (nSPS) is 12.6. The van der Waals surface area contributed by atoms with Gasteiger partial charge in [0.1, 0.15) is 18.3 Å². The highest BCUT2D eigenvalue weighted by Gasteiger charge is 2.31. The zero-order valence-corrected chi connectivity index (χ0v) is 22.7. The lowest BCUT2D eigenvalue weighted by atomic mass is 10.1. The number of carbonyl (C=O) groups excluding carboxylic acids is 2. The fourth-order valence-electron chi connectivity index (χ4n) is 3.52. The molecule has 1 N–H and O–H groups in total. The lowest BCUT2D eigenvalue weighted by Gasteiger charge is -2.33. The Hall–Kier alpha value is -3.07. The van der Waals surface area contributed by atoms with E-state index in [1.807, 2.05) is 46.8 Å². The Labute approximate surface area is 209 Å². The van der Waals surface area contributed by atoms with E-state index >= 15 is 0 Å². The van der Waals surface area contributed by atoms with Crippen LogP contribution in [0.15, 0.2) is 42.5 Å². The van der Waals surface area contributed by atoms with Gasteiger partial charge in [-0.15, -0.1) is 0 Å². The van der Waals surface area contributed by atoms with Crippen LogP contribution in [-0.4, -0.2) is 56.6 Å². The van der Waals surface area contributed by atoms with Gasteiger partial charge in [0.05, 0.1) is 19.1 Å². The molecule has 0 saturated heterocycles. The summed E-state index contributed by atoms with van der Waals surface area (Å²) in [7, 11) is -2.22.